The summed E-state index contributed by atoms with van der Waals surface area (Å²) in [6.45, 7) is 3.41. The Bertz CT molecular complexity index is 777. The highest BCUT2D eigenvalue weighted by Gasteiger charge is 2.26. The molecule has 2 aromatic carbocycles. The van der Waals surface area contributed by atoms with Crippen LogP contribution >= 0.6 is 0 Å². The Balaban J connectivity index is 2.12. The molecule has 0 aliphatic rings. The summed E-state index contributed by atoms with van der Waals surface area (Å²) in [5, 5.41) is 2.52. The molecule has 144 valence electrons. The summed E-state index contributed by atoms with van der Waals surface area (Å²) in [4.78, 5) is 26.1. The molecule has 6 heteroatoms. The molecular weight excluding hydrogens is 347 g/mol. The van der Waals surface area contributed by atoms with E-state index in [-0.39, 0.29) is 19.1 Å². The van der Waals surface area contributed by atoms with Gasteiger partial charge in [0.25, 0.3) is 5.91 Å². The molecule has 27 heavy (non-hydrogen) atoms. The number of aryl methyl sites for hydroxylation is 1. The van der Waals surface area contributed by atoms with Gasteiger partial charge in [-0.3, -0.25) is 9.59 Å². The van der Waals surface area contributed by atoms with Gasteiger partial charge < -0.3 is 15.0 Å². The van der Waals surface area contributed by atoms with Gasteiger partial charge in [0.05, 0.1) is 0 Å². The van der Waals surface area contributed by atoms with Gasteiger partial charge in [-0.1, -0.05) is 37.3 Å². The number of nitrogens with zero attached hydrogens (tertiary/aromatic N) is 1. The third-order valence-electron chi connectivity index (χ3n) is 4.41. The molecular formula is C21H25FN2O3. The lowest BCUT2D eigenvalue weighted by Crippen LogP contribution is -2.48. The first-order chi connectivity index (χ1) is 13.0. The summed E-state index contributed by atoms with van der Waals surface area (Å²) < 4.78 is 19.6. The Morgan fingerprint density at radius 2 is 1.81 bits per heavy atom. The van der Waals surface area contributed by atoms with E-state index in [1.165, 1.54) is 23.6 Å². The van der Waals surface area contributed by atoms with Crippen LogP contribution in [0, 0.1) is 5.82 Å². The third kappa shape index (κ3) is 5.54. The van der Waals surface area contributed by atoms with Crippen molar-refractivity contribution in [3.8, 4) is 5.75 Å². The number of halogens is 1. The fraction of sp³-hybridized carbons (Fsp3) is 0.333. The lowest BCUT2D eigenvalue weighted by molar-refractivity contribution is -0.142. The molecule has 0 spiro atoms. The van der Waals surface area contributed by atoms with Gasteiger partial charge in [-0.15, -0.1) is 0 Å². The standard InChI is InChI=1S/C21H25FN2O3/c1-4-16-9-11-18(12-10-16)27-14-20(25)24(15(2)21(26)23-3)13-17-7-5-6-8-19(17)22/h5-12,15H,4,13-14H2,1-3H3,(H,23,26)/t15-/m0/s1. The normalized spacial score (nSPS) is 11.6. The quantitative estimate of drug-likeness (QED) is 0.775. The van der Waals surface area contributed by atoms with Crippen LogP contribution in [0.4, 0.5) is 4.39 Å². The van der Waals surface area contributed by atoms with Crippen molar-refractivity contribution in [3.05, 3.63) is 65.5 Å². The monoisotopic (exact) mass is 372 g/mol. The van der Waals surface area contributed by atoms with Crippen molar-refractivity contribution in [2.24, 2.45) is 0 Å². The first-order valence-corrected chi connectivity index (χ1v) is 8.92. The van der Waals surface area contributed by atoms with Crippen molar-refractivity contribution in [1.82, 2.24) is 10.2 Å². The number of amides is 2. The van der Waals surface area contributed by atoms with Gasteiger partial charge in [0, 0.05) is 19.2 Å². The first kappa shape index (κ1) is 20.4. The maximum Gasteiger partial charge on any atom is 0.261 e. The fourth-order valence-electron chi connectivity index (χ4n) is 2.65. The lowest BCUT2D eigenvalue weighted by atomic mass is 10.1. The zero-order valence-electron chi connectivity index (χ0n) is 15.9. The molecule has 0 aromatic heterocycles. The molecule has 1 atom stereocenters. The molecule has 0 aliphatic carbocycles. The number of benzene rings is 2. The number of carbonyl (C=O) groups excluding carboxylic acids is 2. The molecule has 0 aliphatic heterocycles. The number of nitrogens with one attached hydrogen (secondary N) is 1. The smallest absolute Gasteiger partial charge is 0.261 e. The van der Waals surface area contributed by atoms with Crippen molar-refractivity contribution in [1.29, 1.82) is 0 Å². The maximum atomic E-state index is 14.0. The van der Waals surface area contributed by atoms with Crippen LogP contribution in [0.1, 0.15) is 25.0 Å². The Kier molecular flexibility index (Phi) is 7.34. The van der Waals surface area contributed by atoms with Crippen molar-refractivity contribution in [3.63, 3.8) is 0 Å². The molecule has 0 fully saturated rings. The summed E-state index contributed by atoms with van der Waals surface area (Å²) in [5.41, 5.74) is 1.51. The third-order valence-corrected chi connectivity index (χ3v) is 4.41. The van der Waals surface area contributed by atoms with E-state index in [2.05, 4.69) is 12.2 Å². The van der Waals surface area contributed by atoms with Gasteiger partial charge in [-0.05, 0) is 37.1 Å². The van der Waals surface area contributed by atoms with Crippen LogP contribution in [0.5, 0.6) is 5.75 Å². The molecule has 0 saturated carbocycles. The minimum absolute atomic E-state index is 0.0156. The Labute approximate surface area is 159 Å². The molecule has 0 saturated heterocycles. The molecule has 0 unspecified atom stereocenters. The highest BCUT2D eigenvalue weighted by molar-refractivity contribution is 5.87. The second-order valence-electron chi connectivity index (χ2n) is 6.19. The maximum absolute atomic E-state index is 14.0. The SMILES string of the molecule is CCc1ccc(OCC(=O)N(Cc2ccccc2F)[C@@H](C)C(=O)NC)cc1. The van der Waals surface area contributed by atoms with E-state index in [1.54, 1.807) is 37.3 Å². The zero-order valence-corrected chi connectivity index (χ0v) is 15.9. The van der Waals surface area contributed by atoms with Crippen LogP contribution < -0.4 is 10.1 Å². The molecule has 0 radical (unpaired) electrons. The van der Waals surface area contributed by atoms with Crippen LogP contribution in [0.3, 0.4) is 0 Å². The second kappa shape index (κ2) is 9.71. The van der Waals surface area contributed by atoms with Crippen LogP contribution in [-0.2, 0) is 22.6 Å². The van der Waals surface area contributed by atoms with Crippen LogP contribution in [-0.4, -0.2) is 36.4 Å². The highest BCUT2D eigenvalue weighted by Crippen LogP contribution is 2.15. The summed E-state index contributed by atoms with van der Waals surface area (Å²) in [5.74, 6) is -0.574. The van der Waals surface area contributed by atoms with E-state index < -0.39 is 17.8 Å². The van der Waals surface area contributed by atoms with Crippen LogP contribution in [0.25, 0.3) is 0 Å². The highest BCUT2D eigenvalue weighted by atomic mass is 19.1. The first-order valence-electron chi connectivity index (χ1n) is 8.92. The molecule has 5 nitrogen and oxygen atoms in total. The van der Waals surface area contributed by atoms with Crippen LogP contribution in [0.15, 0.2) is 48.5 Å². The number of rotatable bonds is 8. The summed E-state index contributed by atoms with van der Waals surface area (Å²) >= 11 is 0. The average molecular weight is 372 g/mol. The molecule has 0 bridgehead atoms. The minimum atomic E-state index is -0.756. The second-order valence-corrected chi connectivity index (χ2v) is 6.19. The minimum Gasteiger partial charge on any atom is -0.484 e. The largest absolute Gasteiger partial charge is 0.484 e. The Morgan fingerprint density at radius 1 is 1.15 bits per heavy atom. The van der Waals surface area contributed by atoms with Gasteiger partial charge in [-0.25, -0.2) is 4.39 Å². The van der Waals surface area contributed by atoms with E-state index in [0.29, 0.717) is 11.3 Å². The summed E-state index contributed by atoms with van der Waals surface area (Å²) in [6, 6.07) is 12.9. The Hall–Kier alpha value is -2.89. The molecule has 2 amide bonds. The Morgan fingerprint density at radius 3 is 2.41 bits per heavy atom. The average Bonchev–Trinajstić information content (AvgIpc) is 2.70. The van der Waals surface area contributed by atoms with E-state index in [0.717, 1.165) is 6.42 Å². The number of ether oxygens (including phenoxy) is 1. The molecule has 2 aromatic rings. The van der Waals surface area contributed by atoms with Crippen molar-refractivity contribution in [2.45, 2.75) is 32.9 Å². The lowest BCUT2D eigenvalue weighted by Gasteiger charge is -2.28. The van der Waals surface area contributed by atoms with Gasteiger partial charge in [0.15, 0.2) is 6.61 Å². The summed E-state index contributed by atoms with van der Waals surface area (Å²) in [6.07, 6.45) is 0.916. The topological polar surface area (TPSA) is 58.6 Å². The number of hydrogen-bond acceptors (Lipinski definition) is 3. The van der Waals surface area contributed by atoms with E-state index >= 15 is 0 Å². The van der Waals surface area contributed by atoms with E-state index in [9.17, 15) is 14.0 Å². The van der Waals surface area contributed by atoms with Gasteiger partial charge in [0.1, 0.15) is 17.6 Å². The van der Waals surface area contributed by atoms with E-state index in [4.69, 9.17) is 4.74 Å². The van der Waals surface area contributed by atoms with Crippen molar-refractivity contribution in [2.75, 3.05) is 13.7 Å². The van der Waals surface area contributed by atoms with Crippen molar-refractivity contribution >= 4 is 11.8 Å². The van der Waals surface area contributed by atoms with Gasteiger partial charge in [-0.2, -0.15) is 0 Å². The van der Waals surface area contributed by atoms with Crippen molar-refractivity contribution < 1.29 is 18.7 Å². The molecule has 2 rings (SSSR count). The summed E-state index contributed by atoms with van der Waals surface area (Å²) in [7, 11) is 1.50. The number of carbonyl (C=O) groups is 2. The molecule has 0 heterocycles. The number of likely N-dealkylation sites (N-methyl/N-ethyl adjacent to an activating group) is 1. The fourth-order valence-corrected chi connectivity index (χ4v) is 2.65. The van der Waals surface area contributed by atoms with Crippen LogP contribution in [0.2, 0.25) is 0 Å². The van der Waals surface area contributed by atoms with E-state index in [1.807, 2.05) is 12.1 Å². The number of hydrogen-bond donors (Lipinski definition) is 1. The molecule has 1 N–H and O–H groups in total. The van der Waals surface area contributed by atoms with Gasteiger partial charge >= 0.3 is 0 Å². The zero-order chi connectivity index (χ0) is 19.8. The predicted octanol–water partition coefficient (Wildman–Crippen LogP) is 2.93. The predicted molar refractivity (Wildman–Crippen MR) is 102 cm³/mol. The van der Waals surface area contributed by atoms with Gasteiger partial charge in [0.2, 0.25) is 5.91 Å².